The number of nitrogens with one attached hydrogen (secondary N) is 1. The Labute approximate surface area is 157 Å². The minimum absolute atomic E-state index is 0. The van der Waals surface area contributed by atoms with Gasteiger partial charge in [-0.3, -0.25) is 4.99 Å². The van der Waals surface area contributed by atoms with E-state index in [9.17, 15) is 8.42 Å². The number of rotatable bonds is 7. The zero-order chi connectivity index (χ0) is 16.6. The summed E-state index contributed by atoms with van der Waals surface area (Å²) < 4.78 is 22.3. The van der Waals surface area contributed by atoms with Gasteiger partial charge in [-0.25, -0.2) is 8.42 Å². The summed E-state index contributed by atoms with van der Waals surface area (Å²) in [5, 5.41) is 3.25. The van der Waals surface area contributed by atoms with Gasteiger partial charge >= 0.3 is 0 Å². The molecule has 0 amide bonds. The van der Waals surface area contributed by atoms with Crippen molar-refractivity contribution >= 4 is 39.8 Å². The minimum atomic E-state index is -2.91. The second-order valence-electron chi connectivity index (χ2n) is 5.50. The highest BCUT2D eigenvalue weighted by atomic mass is 127. The predicted molar refractivity (Wildman–Crippen MR) is 108 cm³/mol. The van der Waals surface area contributed by atoms with E-state index in [1.54, 1.807) is 0 Å². The van der Waals surface area contributed by atoms with Crippen LogP contribution in [0.5, 0.6) is 0 Å². The Morgan fingerprint density at radius 3 is 2.52 bits per heavy atom. The Hall–Kier alpha value is -0.830. The lowest BCUT2D eigenvalue weighted by Gasteiger charge is -2.23. The van der Waals surface area contributed by atoms with Crippen LogP contribution in [0.25, 0.3) is 0 Å². The molecule has 0 aliphatic carbocycles. The maximum atomic E-state index is 11.1. The second kappa shape index (κ2) is 10.9. The summed E-state index contributed by atoms with van der Waals surface area (Å²) in [7, 11) is -0.921. The Kier molecular flexibility index (Phi) is 10.5. The third-order valence-electron chi connectivity index (χ3n) is 3.30. The van der Waals surface area contributed by atoms with Gasteiger partial charge in [0.2, 0.25) is 0 Å². The average molecular weight is 453 g/mol. The molecule has 0 heterocycles. The first kappa shape index (κ1) is 22.2. The van der Waals surface area contributed by atoms with Gasteiger partial charge in [0.15, 0.2) is 5.96 Å². The zero-order valence-corrected chi connectivity index (χ0v) is 17.5. The van der Waals surface area contributed by atoms with Crippen LogP contribution < -0.4 is 5.32 Å². The summed E-state index contributed by atoms with van der Waals surface area (Å²) in [4.78, 5) is 6.57. The van der Waals surface area contributed by atoms with Gasteiger partial charge in [0.25, 0.3) is 0 Å². The van der Waals surface area contributed by atoms with Crippen molar-refractivity contribution in [3.8, 4) is 0 Å². The van der Waals surface area contributed by atoms with E-state index in [1.165, 1.54) is 17.4 Å². The standard InChI is InChI=1S/C16H27N3O2S.HI/c1-5-17-16(18-11-8-12-22(4,20)21)19(3)13-15-10-7-6-9-14(15)2;/h6-7,9-10H,5,8,11-13H2,1-4H3,(H,17,18);1H. The molecular weight excluding hydrogens is 425 g/mol. The molecular formula is C16H28IN3O2S. The van der Waals surface area contributed by atoms with Gasteiger partial charge in [-0.05, 0) is 31.4 Å². The fourth-order valence-electron chi connectivity index (χ4n) is 2.10. The lowest BCUT2D eigenvalue weighted by Crippen LogP contribution is -2.38. The number of aryl methyl sites for hydroxylation is 1. The summed E-state index contributed by atoms with van der Waals surface area (Å²) in [6, 6.07) is 8.27. The van der Waals surface area contributed by atoms with Crippen molar-refractivity contribution in [2.75, 3.05) is 32.1 Å². The number of hydrogen-bond acceptors (Lipinski definition) is 3. The maximum Gasteiger partial charge on any atom is 0.193 e. The van der Waals surface area contributed by atoms with Gasteiger partial charge in [-0.2, -0.15) is 0 Å². The fraction of sp³-hybridized carbons (Fsp3) is 0.562. The molecule has 0 unspecified atom stereocenters. The largest absolute Gasteiger partial charge is 0.357 e. The maximum absolute atomic E-state index is 11.1. The summed E-state index contributed by atoms with van der Waals surface area (Å²) in [6.07, 6.45) is 1.80. The first-order chi connectivity index (χ1) is 10.3. The fourth-order valence-corrected chi connectivity index (χ4v) is 2.75. The Morgan fingerprint density at radius 1 is 1.30 bits per heavy atom. The summed E-state index contributed by atoms with van der Waals surface area (Å²) in [6.45, 7) is 6.17. The first-order valence-electron chi connectivity index (χ1n) is 7.55. The third kappa shape index (κ3) is 9.14. The smallest absolute Gasteiger partial charge is 0.193 e. The highest BCUT2D eigenvalue weighted by molar-refractivity contribution is 14.0. The highest BCUT2D eigenvalue weighted by Gasteiger charge is 2.08. The molecule has 1 aromatic carbocycles. The number of nitrogens with zero attached hydrogens (tertiary/aromatic N) is 2. The molecule has 0 bridgehead atoms. The van der Waals surface area contributed by atoms with Gasteiger partial charge < -0.3 is 10.2 Å². The molecule has 0 aliphatic heterocycles. The molecule has 1 rings (SSSR count). The van der Waals surface area contributed by atoms with E-state index >= 15 is 0 Å². The number of guanidine groups is 1. The van der Waals surface area contributed by atoms with Crippen molar-refractivity contribution in [2.24, 2.45) is 4.99 Å². The van der Waals surface area contributed by atoms with Crippen LogP contribution in [0, 0.1) is 6.92 Å². The molecule has 5 nitrogen and oxygen atoms in total. The number of sulfone groups is 1. The molecule has 1 N–H and O–H groups in total. The first-order valence-corrected chi connectivity index (χ1v) is 9.61. The Morgan fingerprint density at radius 2 is 1.96 bits per heavy atom. The SMILES string of the molecule is CCNC(=NCCCS(C)(=O)=O)N(C)Cc1ccccc1C.I. The average Bonchev–Trinajstić information content (AvgIpc) is 2.43. The number of hydrogen-bond donors (Lipinski definition) is 1. The monoisotopic (exact) mass is 453 g/mol. The molecule has 132 valence electrons. The van der Waals surface area contributed by atoms with Crippen molar-refractivity contribution in [1.29, 1.82) is 0 Å². The quantitative estimate of drug-likeness (QED) is 0.298. The van der Waals surface area contributed by atoms with E-state index in [0.717, 1.165) is 19.0 Å². The van der Waals surface area contributed by atoms with E-state index < -0.39 is 9.84 Å². The van der Waals surface area contributed by atoms with Crippen molar-refractivity contribution in [3.63, 3.8) is 0 Å². The van der Waals surface area contributed by atoms with Gasteiger partial charge in [0, 0.05) is 32.9 Å². The van der Waals surface area contributed by atoms with E-state index in [-0.39, 0.29) is 29.7 Å². The number of halogens is 1. The zero-order valence-electron chi connectivity index (χ0n) is 14.4. The molecule has 0 aliphatic rings. The van der Waals surface area contributed by atoms with Crippen LogP contribution >= 0.6 is 24.0 Å². The predicted octanol–water partition coefficient (Wildman–Crippen LogP) is 2.45. The van der Waals surface area contributed by atoms with Gasteiger partial charge in [0.05, 0.1) is 5.75 Å². The van der Waals surface area contributed by atoms with E-state index in [1.807, 2.05) is 26.1 Å². The van der Waals surface area contributed by atoms with Crippen molar-refractivity contribution < 1.29 is 8.42 Å². The van der Waals surface area contributed by atoms with Crippen LogP contribution in [0.15, 0.2) is 29.3 Å². The Balaban J connectivity index is 0.00000484. The normalized spacial score (nSPS) is 11.7. The molecule has 23 heavy (non-hydrogen) atoms. The molecule has 0 saturated carbocycles. The third-order valence-corrected chi connectivity index (χ3v) is 4.33. The lowest BCUT2D eigenvalue weighted by atomic mass is 10.1. The molecule has 1 aromatic rings. The van der Waals surface area contributed by atoms with E-state index in [0.29, 0.717) is 13.0 Å². The molecule has 0 radical (unpaired) electrons. The van der Waals surface area contributed by atoms with Gasteiger partial charge in [0.1, 0.15) is 9.84 Å². The van der Waals surface area contributed by atoms with Crippen molar-refractivity contribution in [2.45, 2.75) is 26.8 Å². The van der Waals surface area contributed by atoms with Crippen molar-refractivity contribution in [1.82, 2.24) is 10.2 Å². The van der Waals surface area contributed by atoms with Crippen LogP contribution in [0.3, 0.4) is 0 Å². The molecule has 0 aromatic heterocycles. The lowest BCUT2D eigenvalue weighted by molar-refractivity contribution is 0.475. The Bertz CT molecular complexity index is 603. The minimum Gasteiger partial charge on any atom is -0.357 e. The summed E-state index contributed by atoms with van der Waals surface area (Å²) in [5.74, 6) is 0.983. The van der Waals surface area contributed by atoms with Crippen LogP contribution in [-0.4, -0.2) is 51.4 Å². The van der Waals surface area contributed by atoms with Crippen LogP contribution in [0.4, 0.5) is 0 Å². The molecule has 7 heteroatoms. The van der Waals surface area contributed by atoms with Gasteiger partial charge in [-0.15, -0.1) is 24.0 Å². The molecule has 0 atom stereocenters. The van der Waals surface area contributed by atoms with Crippen LogP contribution in [-0.2, 0) is 16.4 Å². The topological polar surface area (TPSA) is 61.8 Å². The molecule has 0 fully saturated rings. The van der Waals surface area contributed by atoms with Crippen molar-refractivity contribution in [3.05, 3.63) is 35.4 Å². The van der Waals surface area contributed by atoms with E-state index in [4.69, 9.17) is 0 Å². The van der Waals surface area contributed by atoms with Crippen LogP contribution in [0.2, 0.25) is 0 Å². The second-order valence-corrected chi connectivity index (χ2v) is 7.76. The number of aliphatic imine (C=N–C) groups is 1. The van der Waals surface area contributed by atoms with Crippen LogP contribution in [0.1, 0.15) is 24.5 Å². The highest BCUT2D eigenvalue weighted by Crippen LogP contribution is 2.09. The molecule has 0 spiro atoms. The summed E-state index contributed by atoms with van der Waals surface area (Å²) >= 11 is 0. The van der Waals surface area contributed by atoms with Gasteiger partial charge in [-0.1, -0.05) is 24.3 Å². The van der Waals surface area contributed by atoms with E-state index in [2.05, 4.69) is 34.3 Å². The number of benzene rings is 1. The summed E-state index contributed by atoms with van der Waals surface area (Å²) in [5.41, 5.74) is 2.51. The molecule has 0 saturated heterocycles.